The molecule has 0 fully saturated rings. The van der Waals surface area contributed by atoms with Crippen molar-refractivity contribution in [2.45, 2.75) is 20.3 Å². The van der Waals surface area contributed by atoms with Crippen molar-refractivity contribution < 1.29 is 9.90 Å². The normalized spacial score (nSPS) is 10.6. The number of nitrogens with zero attached hydrogens (tertiary/aromatic N) is 2. The zero-order valence-electron chi connectivity index (χ0n) is 10.8. The molecule has 2 aromatic rings. The van der Waals surface area contributed by atoms with E-state index < -0.39 is 5.97 Å². The summed E-state index contributed by atoms with van der Waals surface area (Å²) >= 11 is 0. The van der Waals surface area contributed by atoms with Crippen molar-refractivity contribution in [2.75, 3.05) is 0 Å². The predicted octanol–water partition coefficient (Wildman–Crippen LogP) is 2.33. The van der Waals surface area contributed by atoms with Crippen molar-refractivity contribution in [3.63, 3.8) is 0 Å². The van der Waals surface area contributed by atoms with Crippen molar-refractivity contribution >= 4 is 5.97 Å². The summed E-state index contributed by atoms with van der Waals surface area (Å²) in [7, 11) is 1.84. The summed E-state index contributed by atoms with van der Waals surface area (Å²) in [4.78, 5) is 10.8. The first kappa shape index (κ1) is 12.4. The van der Waals surface area contributed by atoms with Crippen LogP contribution >= 0.6 is 0 Å². The Kier molecular flexibility index (Phi) is 3.19. The van der Waals surface area contributed by atoms with Gasteiger partial charge in [0.05, 0.1) is 17.8 Å². The molecule has 4 heteroatoms. The van der Waals surface area contributed by atoms with Gasteiger partial charge >= 0.3 is 5.97 Å². The summed E-state index contributed by atoms with van der Waals surface area (Å²) in [6.45, 7) is 3.95. The molecule has 0 saturated heterocycles. The second-order valence-electron chi connectivity index (χ2n) is 4.48. The summed E-state index contributed by atoms with van der Waals surface area (Å²) in [5.41, 5.74) is 4.80. The first-order chi connectivity index (χ1) is 8.49. The smallest absolute Gasteiger partial charge is 0.309 e. The van der Waals surface area contributed by atoms with Crippen LogP contribution in [0.4, 0.5) is 0 Å². The Balaban J connectivity index is 2.48. The first-order valence-corrected chi connectivity index (χ1v) is 5.80. The van der Waals surface area contributed by atoms with E-state index in [9.17, 15) is 4.79 Å². The molecule has 4 nitrogen and oxygen atoms in total. The number of carboxylic acid groups (broad SMARTS) is 1. The highest BCUT2D eigenvalue weighted by atomic mass is 16.4. The predicted molar refractivity (Wildman–Crippen MR) is 69.5 cm³/mol. The van der Waals surface area contributed by atoms with E-state index in [-0.39, 0.29) is 6.42 Å². The fourth-order valence-corrected chi connectivity index (χ4v) is 2.11. The van der Waals surface area contributed by atoms with Crippen LogP contribution in [-0.4, -0.2) is 20.9 Å². The fourth-order valence-electron chi connectivity index (χ4n) is 2.11. The van der Waals surface area contributed by atoms with Gasteiger partial charge in [-0.3, -0.25) is 9.48 Å². The van der Waals surface area contributed by atoms with E-state index in [2.05, 4.69) is 5.10 Å². The van der Waals surface area contributed by atoms with Crippen molar-refractivity contribution in [1.82, 2.24) is 9.78 Å². The summed E-state index contributed by atoms with van der Waals surface area (Å²) < 4.78 is 1.75. The molecule has 1 aromatic heterocycles. The van der Waals surface area contributed by atoms with Crippen molar-refractivity contribution in [3.05, 3.63) is 41.1 Å². The van der Waals surface area contributed by atoms with E-state index in [1.54, 1.807) is 4.68 Å². The third kappa shape index (κ3) is 2.27. The number of aromatic nitrogens is 2. The lowest BCUT2D eigenvalue weighted by atomic mass is 10.0. The minimum Gasteiger partial charge on any atom is -0.481 e. The minimum absolute atomic E-state index is 0.0362. The molecule has 0 atom stereocenters. The number of rotatable bonds is 3. The second kappa shape index (κ2) is 4.64. The van der Waals surface area contributed by atoms with E-state index in [4.69, 9.17) is 5.11 Å². The number of carbonyl (C=O) groups is 1. The number of hydrogen-bond donors (Lipinski definition) is 1. The zero-order chi connectivity index (χ0) is 13.3. The third-order valence-electron chi connectivity index (χ3n) is 3.03. The molecule has 94 valence electrons. The molecule has 0 saturated carbocycles. The van der Waals surface area contributed by atoms with Crippen molar-refractivity contribution in [3.8, 4) is 11.3 Å². The lowest BCUT2D eigenvalue weighted by molar-refractivity contribution is -0.136. The van der Waals surface area contributed by atoms with Crippen molar-refractivity contribution in [1.29, 1.82) is 0 Å². The number of hydrogen-bond acceptors (Lipinski definition) is 2. The van der Waals surface area contributed by atoms with Crippen LogP contribution in [0.25, 0.3) is 11.3 Å². The van der Waals surface area contributed by atoms with Crippen LogP contribution < -0.4 is 0 Å². The molecular formula is C14H16N2O2. The SMILES string of the molecule is Cc1ccc(-c2c(C)c(CC(=O)O)nn2C)cc1. The fraction of sp³-hybridized carbons (Fsp3) is 0.286. The van der Waals surface area contributed by atoms with Gasteiger partial charge in [-0.15, -0.1) is 0 Å². The maximum absolute atomic E-state index is 10.8. The summed E-state index contributed by atoms with van der Waals surface area (Å²) in [6, 6.07) is 8.14. The highest BCUT2D eigenvalue weighted by molar-refractivity contribution is 5.72. The van der Waals surface area contributed by atoms with Gasteiger partial charge in [-0.1, -0.05) is 29.8 Å². The molecule has 18 heavy (non-hydrogen) atoms. The first-order valence-electron chi connectivity index (χ1n) is 5.80. The van der Waals surface area contributed by atoms with Gasteiger partial charge in [0.25, 0.3) is 0 Å². The van der Waals surface area contributed by atoms with Gasteiger partial charge in [0.1, 0.15) is 0 Å². The zero-order valence-corrected chi connectivity index (χ0v) is 10.8. The molecule has 1 aromatic carbocycles. The molecule has 0 spiro atoms. The largest absolute Gasteiger partial charge is 0.481 e. The molecule has 0 unspecified atom stereocenters. The summed E-state index contributed by atoms with van der Waals surface area (Å²) in [6.07, 6.45) is -0.0362. The van der Waals surface area contributed by atoms with Crippen LogP contribution in [0.15, 0.2) is 24.3 Å². The second-order valence-corrected chi connectivity index (χ2v) is 4.48. The maximum atomic E-state index is 10.8. The van der Waals surface area contributed by atoms with Crippen LogP contribution in [0, 0.1) is 13.8 Å². The van der Waals surface area contributed by atoms with Gasteiger partial charge in [0.2, 0.25) is 0 Å². The quantitative estimate of drug-likeness (QED) is 0.901. The maximum Gasteiger partial charge on any atom is 0.309 e. The Morgan fingerprint density at radius 3 is 2.44 bits per heavy atom. The van der Waals surface area contributed by atoms with Crippen molar-refractivity contribution in [2.24, 2.45) is 7.05 Å². The highest BCUT2D eigenvalue weighted by Gasteiger charge is 2.15. The molecule has 0 amide bonds. The Labute approximate surface area is 106 Å². The third-order valence-corrected chi connectivity index (χ3v) is 3.03. The van der Waals surface area contributed by atoms with Gasteiger partial charge in [-0.25, -0.2) is 0 Å². The number of carboxylic acids is 1. The monoisotopic (exact) mass is 244 g/mol. The average molecular weight is 244 g/mol. The Bertz CT molecular complexity index is 583. The van der Waals surface area contributed by atoms with E-state index in [1.165, 1.54) is 5.56 Å². The molecule has 0 aliphatic rings. The van der Waals surface area contributed by atoms with Gasteiger partial charge in [0.15, 0.2) is 0 Å². The lowest BCUT2D eigenvalue weighted by Gasteiger charge is -2.04. The molecule has 0 bridgehead atoms. The number of aliphatic carboxylic acids is 1. The molecule has 1 heterocycles. The summed E-state index contributed by atoms with van der Waals surface area (Å²) in [5, 5.41) is 13.1. The molecule has 0 radical (unpaired) electrons. The van der Waals surface area contributed by atoms with E-state index in [0.717, 1.165) is 16.8 Å². The van der Waals surface area contributed by atoms with Crippen LogP contribution in [0.3, 0.4) is 0 Å². The molecule has 2 rings (SSSR count). The Morgan fingerprint density at radius 1 is 1.28 bits per heavy atom. The van der Waals surface area contributed by atoms with Crippen LogP contribution in [0.5, 0.6) is 0 Å². The van der Waals surface area contributed by atoms with Gasteiger partial charge < -0.3 is 5.11 Å². The molecule has 0 aliphatic carbocycles. The standard InChI is InChI=1S/C14H16N2O2/c1-9-4-6-11(7-5-9)14-10(2)12(8-13(17)18)15-16(14)3/h4-7H,8H2,1-3H3,(H,17,18). The highest BCUT2D eigenvalue weighted by Crippen LogP contribution is 2.25. The minimum atomic E-state index is -0.855. The van der Waals surface area contributed by atoms with Crippen LogP contribution in [0.1, 0.15) is 16.8 Å². The molecule has 1 N–H and O–H groups in total. The Hall–Kier alpha value is -2.10. The van der Waals surface area contributed by atoms with Gasteiger partial charge in [-0.2, -0.15) is 5.10 Å². The van der Waals surface area contributed by atoms with Crippen LogP contribution in [0.2, 0.25) is 0 Å². The lowest BCUT2D eigenvalue weighted by Crippen LogP contribution is -2.02. The molecule has 0 aliphatic heterocycles. The van der Waals surface area contributed by atoms with Crippen LogP contribution in [-0.2, 0) is 18.3 Å². The molecular weight excluding hydrogens is 228 g/mol. The van der Waals surface area contributed by atoms with Gasteiger partial charge in [-0.05, 0) is 19.4 Å². The topological polar surface area (TPSA) is 55.1 Å². The van der Waals surface area contributed by atoms with Gasteiger partial charge in [0, 0.05) is 12.6 Å². The van der Waals surface area contributed by atoms with E-state index in [0.29, 0.717) is 5.69 Å². The average Bonchev–Trinajstić information content (AvgIpc) is 2.55. The van der Waals surface area contributed by atoms with E-state index >= 15 is 0 Å². The van der Waals surface area contributed by atoms with E-state index in [1.807, 2.05) is 45.2 Å². The summed E-state index contributed by atoms with van der Waals surface area (Å²) in [5.74, 6) is -0.855. The number of benzene rings is 1. The Morgan fingerprint density at radius 2 is 1.89 bits per heavy atom. The number of aryl methyl sites for hydroxylation is 2.